The molecule has 1 aliphatic rings. The molecule has 16 nitrogen and oxygen atoms in total. The molecule has 0 saturated carbocycles. The second kappa shape index (κ2) is 19.7. The fourth-order valence-corrected chi connectivity index (χ4v) is 9.48. The third-order valence-corrected chi connectivity index (χ3v) is 13.2. The zero-order valence-corrected chi connectivity index (χ0v) is 40.2. The lowest BCUT2D eigenvalue weighted by molar-refractivity contribution is 0.0301. The highest BCUT2D eigenvalue weighted by Gasteiger charge is 2.30. The number of morpholine rings is 1. The Morgan fingerprint density at radius 2 is 1.57 bits per heavy atom. The van der Waals surface area contributed by atoms with Gasteiger partial charge in [-0.15, -0.1) is 15.0 Å². The second-order valence-electron chi connectivity index (χ2n) is 17.4. The van der Waals surface area contributed by atoms with Crippen LogP contribution in [0.15, 0.2) is 134 Å². The number of phenols is 1. The van der Waals surface area contributed by atoms with Gasteiger partial charge in [0, 0.05) is 41.4 Å². The number of aromatic hydroxyl groups is 1. The van der Waals surface area contributed by atoms with Gasteiger partial charge in [0.2, 0.25) is 0 Å². The lowest BCUT2D eigenvalue weighted by Crippen LogP contribution is -2.40. The summed E-state index contributed by atoms with van der Waals surface area (Å²) in [7, 11) is -4.44. The van der Waals surface area contributed by atoms with E-state index in [1.807, 2.05) is 52.8 Å². The van der Waals surface area contributed by atoms with Gasteiger partial charge in [-0.05, 0) is 86.5 Å². The Labute approximate surface area is 400 Å². The number of aryl methyl sites for hydroxylation is 3. The topological polar surface area (TPSA) is 203 Å². The molecule has 1 saturated heterocycles. The van der Waals surface area contributed by atoms with Crippen molar-refractivity contribution in [2.75, 3.05) is 35.7 Å². The molecule has 1 aliphatic heterocycles. The van der Waals surface area contributed by atoms with E-state index in [2.05, 4.69) is 19.7 Å². The van der Waals surface area contributed by atoms with Gasteiger partial charge in [0.25, 0.3) is 21.5 Å². The minimum absolute atomic E-state index is 0.0293. The molecule has 0 aliphatic carbocycles. The first-order valence-corrected chi connectivity index (χ1v) is 24.3. The van der Waals surface area contributed by atoms with Crippen molar-refractivity contribution in [1.29, 1.82) is 0 Å². The van der Waals surface area contributed by atoms with Crippen LogP contribution in [0.1, 0.15) is 59.1 Å². The number of hydrogen-bond acceptors (Lipinski definition) is 12. The van der Waals surface area contributed by atoms with Gasteiger partial charge in [-0.3, -0.25) is 19.0 Å². The van der Waals surface area contributed by atoms with E-state index in [0.717, 1.165) is 11.1 Å². The number of halogens is 1. The molecule has 1 aromatic heterocycles. The Balaban J connectivity index is 1.01. The molecule has 19 heteroatoms. The summed E-state index contributed by atoms with van der Waals surface area (Å²) in [5.41, 5.74) is 2.73. The number of carbonyl (C=O) groups is 1. The molecule has 8 rings (SSSR count). The molecule has 7 aromatic rings. The first-order valence-electron chi connectivity index (χ1n) is 21.8. The molecule has 0 spiro atoms. The van der Waals surface area contributed by atoms with Crippen molar-refractivity contribution in [3.63, 3.8) is 0 Å². The molecule has 358 valence electrons. The number of azo groups is 1. The van der Waals surface area contributed by atoms with Gasteiger partial charge >= 0.3 is 11.3 Å². The Kier molecular flexibility index (Phi) is 13.7. The van der Waals surface area contributed by atoms with E-state index in [4.69, 9.17) is 18.2 Å². The minimum Gasteiger partial charge on any atom is -0.506 e. The van der Waals surface area contributed by atoms with Crippen molar-refractivity contribution < 1.29 is 45.1 Å². The van der Waals surface area contributed by atoms with Crippen LogP contribution in [-0.2, 0) is 38.0 Å². The minimum atomic E-state index is -4.44. The predicted octanol–water partition coefficient (Wildman–Crippen LogP) is 9.99. The van der Waals surface area contributed by atoms with Gasteiger partial charge in [0.15, 0.2) is 11.6 Å². The summed E-state index contributed by atoms with van der Waals surface area (Å²) in [4.78, 5) is 28.7. The first-order chi connectivity index (χ1) is 32.9. The number of amides is 1. The van der Waals surface area contributed by atoms with E-state index in [0.29, 0.717) is 47.2 Å². The zero-order chi connectivity index (χ0) is 49.2. The Morgan fingerprint density at radius 3 is 2.30 bits per heavy atom. The summed E-state index contributed by atoms with van der Waals surface area (Å²) in [6, 6.07) is 27.6. The van der Waals surface area contributed by atoms with E-state index >= 15 is 0 Å². The molecule has 1 atom stereocenters. The maximum absolute atomic E-state index is 14.9. The number of anilines is 2. The number of rotatable bonds is 14. The fraction of sp³-hybridized carbons (Fsp3) is 0.240. The number of hydrogen-bond donors (Lipinski definition) is 3. The normalized spacial score (nSPS) is 13.7. The van der Waals surface area contributed by atoms with Crippen molar-refractivity contribution in [3.8, 4) is 22.9 Å². The van der Waals surface area contributed by atoms with Crippen LogP contribution in [0.4, 0.5) is 27.1 Å². The summed E-state index contributed by atoms with van der Waals surface area (Å²) in [6.45, 7) is 12.5. The summed E-state index contributed by atoms with van der Waals surface area (Å²) < 4.78 is 86.1. The van der Waals surface area contributed by atoms with Crippen LogP contribution in [0.5, 0.6) is 17.2 Å². The highest BCUT2D eigenvalue weighted by Crippen LogP contribution is 2.42. The number of ether oxygens (including phenoxy) is 2. The molecule has 0 radical (unpaired) electrons. The molecule has 2 heterocycles. The summed E-state index contributed by atoms with van der Waals surface area (Å²) >= 11 is -2.24. The predicted molar refractivity (Wildman–Crippen MR) is 261 cm³/mol. The summed E-state index contributed by atoms with van der Waals surface area (Å²) in [5, 5.41) is 20.1. The van der Waals surface area contributed by atoms with E-state index in [-0.39, 0.29) is 69.3 Å². The molecule has 6 aromatic carbocycles. The maximum Gasteiger partial charge on any atom is 0.316 e. The van der Waals surface area contributed by atoms with Crippen LogP contribution in [0.25, 0.3) is 16.5 Å². The smallest absolute Gasteiger partial charge is 0.316 e. The van der Waals surface area contributed by atoms with Crippen LogP contribution in [0.3, 0.4) is 0 Å². The summed E-state index contributed by atoms with van der Waals surface area (Å²) in [5.74, 6) is -0.817. The van der Waals surface area contributed by atoms with Gasteiger partial charge in [-0.2, -0.15) is 4.21 Å². The highest BCUT2D eigenvalue weighted by molar-refractivity contribution is 7.92. The average Bonchev–Trinajstić information content (AvgIpc) is 3.64. The Morgan fingerprint density at radius 1 is 0.870 bits per heavy atom. The summed E-state index contributed by atoms with van der Waals surface area (Å²) in [6.07, 6.45) is 0. The average molecular weight is 977 g/mol. The van der Waals surface area contributed by atoms with Gasteiger partial charge in [-0.25, -0.2) is 12.8 Å². The number of carbonyl (C=O) groups excluding carboxylic acids is 1. The molecule has 69 heavy (non-hydrogen) atoms. The van der Waals surface area contributed by atoms with E-state index in [1.54, 1.807) is 37.3 Å². The van der Waals surface area contributed by atoms with Crippen LogP contribution in [0.2, 0.25) is 0 Å². The third-order valence-electron chi connectivity index (χ3n) is 11.1. The van der Waals surface area contributed by atoms with E-state index in [1.165, 1.54) is 70.3 Å². The lowest BCUT2D eigenvalue weighted by atomic mass is 9.91. The number of aromatic nitrogens is 1. The largest absolute Gasteiger partial charge is 0.506 e. The number of sulfonamides is 1. The van der Waals surface area contributed by atoms with Gasteiger partial charge in [0.1, 0.15) is 29.5 Å². The molecule has 1 amide bonds. The van der Waals surface area contributed by atoms with E-state index < -0.39 is 44.2 Å². The lowest BCUT2D eigenvalue weighted by Gasteiger charge is -2.27. The molecule has 0 bridgehead atoms. The second-order valence-corrected chi connectivity index (χ2v) is 20.0. The maximum atomic E-state index is 14.9. The van der Waals surface area contributed by atoms with Crippen molar-refractivity contribution in [1.82, 2.24) is 9.64 Å². The number of nitrogens with one attached hydrogen (secondary N) is 2. The first kappa shape index (κ1) is 48.1. The van der Waals surface area contributed by atoms with Gasteiger partial charge in [0.05, 0.1) is 52.0 Å². The van der Waals surface area contributed by atoms with Crippen LogP contribution < -0.4 is 23.9 Å². The van der Waals surface area contributed by atoms with Gasteiger partial charge in [-0.1, -0.05) is 68.8 Å². The highest BCUT2D eigenvalue weighted by atomic mass is 32.2. The quantitative estimate of drug-likeness (QED) is 0.0880. The Bertz CT molecular complexity index is 3340. The van der Waals surface area contributed by atoms with Crippen molar-refractivity contribution >= 4 is 60.7 Å². The third kappa shape index (κ3) is 10.7. The molecular formula is C50H49FN6O10S2. The number of fused-ring (bicyclic) bond motifs is 1. The Hall–Kier alpha value is -7.35. The number of phenolic OH excluding ortho intramolecular Hbond substituents is 1. The van der Waals surface area contributed by atoms with Crippen LogP contribution in [0, 0.1) is 26.6 Å². The molecular weight excluding hydrogens is 928 g/mol. The van der Waals surface area contributed by atoms with Crippen molar-refractivity contribution in [2.45, 2.75) is 58.5 Å². The van der Waals surface area contributed by atoms with Gasteiger partial charge < -0.3 is 28.2 Å². The fourth-order valence-electron chi connectivity index (χ4n) is 7.73. The SMILES string of the molecule is Cc1ccc(-n2oc(C(C)(C)C)c(COc3cccc(NS(=O)Oc4cccc(S(=O)(=O)Nc5cccc6c(O)c(C(=O)N7CCOCC7)cc(N=Nc7ccc(C)cc7F)c56)c4)c3)c2=O)c(C)c1. The zero-order valence-electron chi connectivity index (χ0n) is 38.5. The monoisotopic (exact) mass is 976 g/mol. The molecule has 3 N–H and O–H groups in total. The van der Waals surface area contributed by atoms with Crippen molar-refractivity contribution in [2.24, 2.45) is 10.2 Å². The number of nitrogens with zero attached hydrogens (tertiary/aromatic N) is 4. The van der Waals surface area contributed by atoms with E-state index in [9.17, 15) is 31.7 Å². The molecule has 1 fully saturated rings. The molecule has 1 unspecified atom stereocenters. The van der Waals surface area contributed by atoms with Crippen LogP contribution in [-0.4, -0.2) is 59.6 Å². The number of benzene rings is 6. The van der Waals surface area contributed by atoms with Crippen molar-refractivity contribution in [3.05, 3.63) is 159 Å². The standard InChI is InChI=1S/C50H49FN6O10S2/c1-30-17-19-44(32(3)24-30)57-49(60)39(47(66-57)50(4,5)6)29-65-34-11-7-10-33(26-34)54-68(61)67-35-12-8-13-36(27-35)69(62,63)55-42-15-9-14-37-45(42)43(53-52-41-18-16-31(2)25-40(41)51)28-38(46(37)58)48(59)56-20-22-64-23-21-56/h7-19,24-28,54-55,58H,20-23,29H2,1-6H3. The van der Waals surface area contributed by atoms with Crippen LogP contribution >= 0.6 is 0 Å².